The Balaban J connectivity index is 2.51. The molecule has 1 atom stereocenters. The van der Waals surface area contributed by atoms with Crippen molar-refractivity contribution in [3.63, 3.8) is 0 Å². The zero-order chi connectivity index (χ0) is 8.32. The molecule has 11 heavy (non-hydrogen) atoms. The van der Waals surface area contributed by atoms with Crippen molar-refractivity contribution >= 4 is 0 Å². The fourth-order valence-corrected chi connectivity index (χ4v) is 1.62. The van der Waals surface area contributed by atoms with Crippen molar-refractivity contribution in [2.75, 3.05) is 6.54 Å². The van der Waals surface area contributed by atoms with Gasteiger partial charge in [-0.3, -0.25) is 0 Å². The molecular formula is C9H15NO. The van der Waals surface area contributed by atoms with Crippen LogP contribution in [-0.4, -0.2) is 6.54 Å². The number of hydrogen-bond donors (Lipinski definition) is 0. The van der Waals surface area contributed by atoms with Crippen molar-refractivity contribution in [1.29, 1.82) is 0 Å². The van der Waals surface area contributed by atoms with Crippen molar-refractivity contribution in [2.24, 2.45) is 16.5 Å². The van der Waals surface area contributed by atoms with Gasteiger partial charge in [-0.25, -0.2) is 0 Å². The highest BCUT2D eigenvalue weighted by Crippen LogP contribution is 2.47. The van der Waals surface area contributed by atoms with E-state index >= 15 is 0 Å². The number of nitroso groups, excluding NO2 is 1. The lowest BCUT2D eigenvalue weighted by Gasteiger charge is -2.24. The third-order valence-electron chi connectivity index (χ3n) is 2.60. The Labute approximate surface area is 67.7 Å². The standard InChI is InChI=1S/C9H15NO/c1-3-6-9(2,7-10-11)8-4-5-8/h3,8H,1,4-7H2,2H3/t9-/m1/s1. The molecule has 0 aromatic heterocycles. The van der Waals surface area contributed by atoms with E-state index in [2.05, 4.69) is 18.7 Å². The van der Waals surface area contributed by atoms with Crippen LogP contribution >= 0.6 is 0 Å². The van der Waals surface area contributed by atoms with Gasteiger partial charge in [0.15, 0.2) is 0 Å². The van der Waals surface area contributed by atoms with Crippen LogP contribution in [0.5, 0.6) is 0 Å². The molecular weight excluding hydrogens is 138 g/mol. The summed E-state index contributed by atoms with van der Waals surface area (Å²) in [5, 5.41) is 2.99. The molecule has 0 aliphatic heterocycles. The molecule has 2 heteroatoms. The molecule has 0 N–H and O–H groups in total. The van der Waals surface area contributed by atoms with Gasteiger partial charge < -0.3 is 0 Å². The average molecular weight is 153 g/mol. The number of rotatable bonds is 5. The molecule has 1 rings (SSSR count). The Morgan fingerprint density at radius 3 is 2.73 bits per heavy atom. The lowest BCUT2D eigenvalue weighted by molar-refractivity contribution is 0.288. The Kier molecular flexibility index (Phi) is 2.42. The van der Waals surface area contributed by atoms with Gasteiger partial charge >= 0.3 is 0 Å². The number of hydrogen-bond acceptors (Lipinski definition) is 2. The van der Waals surface area contributed by atoms with Crippen molar-refractivity contribution in [1.82, 2.24) is 0 Å². The van der Waals surface area contributed by atoms with E-state index in [1.165, 1.54) is 12.8 Å². The minimum atomic E-state index is 0.115. The van der Waals surface area contributed by atoms with Crippen molar-refractivity contribution in [3.05, 3.63) is 17.6 Å². The van der Waals surface area contributed by atoms with Gasteiger partial charge in [-0.15, -0.1) is 6.58 Å². The zero-order valence-electron chi connectivity index (χ0n) is 7.05. The maximum Gasteiger partial charge on any atom is 0.0870 e. The van der Waals surface area contributed by atoms with Crippen LogP contribution in [0.2, 0.25) is 0 Å². The van der Waals surface area contributed by atoms with E-state index in [9.17, 15) is 4.91 Å². The second kappa shape index (κ2) is 3.16. The molecule has 0 amide bonds. The lowest BCUT2D eigenvalue weighted by atomic mass is 9.82. The molecule has 2 nitrogen and oxygen atoms in total. The third kappa shape index (κ3) is 1.88. The van der Waals surface area contributed by atoms with Gasteiger partial charge in [-0.05, 0) is 30.6 Å². The minimum Gasteiger partial charge on any atom is -0.151 e. The van der Waals surface area contributed by atoms with Crippen molar-refractivity contribution in [3.8, 4) is 0 Å². The van der Waals surface area contributed by atoms with E-state index in [0.717, 1.165) is 12.3 Å². The fourth-order valence-electron chi connectivity index (χ4n) is 1.62. The summed E-state index contributed by atoms with van der Waals surface area (Å²) in [6, 6.07) is 0. The van der Waals surface area contributed by atoms with Gasteiger partial charge in [0.2, 0.25) is 0 Å². The molecule has 0 spiro atoms. The molecule has 0 heterocycles. The van der Waals surface area contributed by atoms with Gasteiger partial charge in [0.25, 0.3) is 0 Å². The summed E-state index contributed by atoms with van der Waals surface area (Å²) < 4.78 is 0. The smallest absolute Gasteiger partial charge is 0.0870 e. The van der Waals surface area contributed by atoms with Gasteiger partial charge in [-0.2, -0.15) is 4.91 Å². The average Bonchev–Trinajstić information content (AvgIpc) is 2.68. The Hall–Kier alpha value is -0.660. The van der Waals surface area contributed by atoms with E-state index < -0.39 is 0 Å². The normalized spacial score (nSPS) is 22.3. The highest BCUT2D eigenvalue weighted by Gasteiger charge is 2.40. The largest absolute Gasteiger partial charge is 0.151 e. The van der Waals surface area contributed by atoms with Crippen molar-refractivity contribution < 1.29 is 0 Å². The van der Waals surface area contributed by atoms with E-state index in [0.29, 0.717) is 6.54 Å². The molecule has 0 saturated heterocycles. The molecule has 1 aliphatic rings. The Morgan fingerprint density at radius 2 is 2.36 bits per heavy atom. The highest BCUT2D eigenvalue weighted by molar-refractivity contribution is 4.96. The Morgan fingerprint density at radius 1 is 1.73 bits per heavy atom. The molecule has 0 unspecified atom stereocenters. The summed E-state index contributed by atoms with van der Waals surface area (Å²) in [4.78, 5) is 10.1. The van der Waals surface area contributed by atoms with Crippen LogP contribution < -0.4 is 0 Å². The van der Waals surface area contributed by atoms with Gasteiger partial charge in [-0.1, -0.05) is 18.2 Å². The number of allylic oxidation sites excluding steroid dienone is 1. The van der Waals surface area contributed by atoms with Gasteiger partial charge in [0, 0.05) is 0 Å². The topological polar surface area (TPSA) is 29.4 Å². The van der Waals surface area contributed by atoms with E-state index in [1.54, 1.807) is 0 Å². The first-order valence-corrected chi connectivity index (χ1v) is 4.13. The second-order valence-electron chi connectivity index (χ2n) is 3.71. The summed E-state index contributed by atoms with van der Waals surface area (Å²) in [5.74, 6) is 0.721. The predicted molar refractivity (Wildman–Crippen MR) is 46.3 cm³/mol. The Bertz CT molecular complexity index is 151. The van der Waals surface area contributed by atoms with Crippen LogP contribution in [0.25, 0.3) is 0 Å². The van der Waals surface area contributed by atoms with Crippen LogP contribution in [0.15, 0.2) is 17.8 Å². The van der Waals surface area contributed by atoms with Crippen molar-refractivity contribution in [2.45, 2.75) is 26.2 Å². The molecule has 62 valence electrons. The van der Waals surface area contributed by atoms with E-state index in [4.69, 9.17) is 0 Å². The predicted octanol–water partition coefficient (Wildman–Crippen LogP) is 2.75. The second-order valence-corrected chi connectivity index (χ2v) is 3.71. The van der Waals surface area contributed by atoms with E-state index in [-0.39, 0.29) is 5.41 Å². The molecule has 0 radical (unpaired) electrons. The van der Waals surface area contributed by atoms with Crippen LogP contribution in [0.1, 0.15) is 26.2 Å². The first-order valence-electron chi connectivity index (χ1n) is 4.13. The van der Waals surface area contributed by atoms with Crippen LogP contribution in [-0.2, 0) is 0 Å². The minimum absolute atomic E-state index is 0.115. The molecule has 0 aromatic carbocycles. The van der Waals surface area contributed by atoms with Crippen LogP contribution in [0.4, 0.5) is 0 Å². The molecule has 1 saturated carbocycles. The molecule has 1 aliphatic carbocycles. The quantitative estimate of drug-likeness (QED) is 0.441. The van der Waals surface area contributed by atoms with Gasteiger partial charge in [0.05, 0.1) is 6.54 Å². The first-order chi connectivity index (χ1) is 5.23. The maximum atomic E-state index is 10.1. The zero-order valence-corrected chi connectivity index (χ0v) is 7.05. The van der Waals surface area contributed by atoms with Crippen LogP contribution in [0.3, 0.4) is 0 Å². The van der Waals surface area contributed by atoms with E-state index in [1.807, 2.05) is 6.08 Å². The molecule has 0 bridgehead atoms. The first kappa shape index (κ1) is 8.44. The summed E-state index contributed by atoms with van der Waals surface area (Å²) >= 11 is 0. The summed E-state index contributed by atoms with van der Waals surface area (Å²) in [5.41, 5.74) is 0.115. The van der Waals surface area contributed by atoms with Crippen LogP contribution in [0, 0.1) is 16.2 Å². The van der Waals surface area contributed by atoms with Gasteiger partial charge in [0.1, 0.15) is 0 Å². The summed E-state index contributed by atoms with van der Waals surface area (Å²) in [7, 11) is 0. The molecule has 0 aromatic rings. The number of nitrogens with zero attached hydrogens (tertiary/aromatic N) is 1. The fraction of sp³-hybridized carbons (Fsp3) is 0.778. The SMILES string of the molecule is C=CC[C@](C)(CN=O)C1CC1. The molecule has 1 fully saturated rings. The summed E-state index contributed by atoms with van der Waals surface area (Å²) in [6.07, 6.45) is 5.34. The summed E-state index contributed by atoms with van der Waals surface area (Å²) in [6.45, 7) is 6.28. The monoisotopic (exact) mass is 153 g/mol. The highest BCUT2D eigenvalue weighted by atomic mass is 16.3. The lowest BCUT2D eigenvalue weighted by Crippen LogP contribution is -2.21. The maximum absolute atomic E-state index is 10.1. The third-order valence-corrected chi connectivity index (χ3v) is 2.60.